The first-order chi connectivity index (χ1) is 14.4. The lowest BCUT2D eigenvalue weighted by molar-refractivity contribution is -0.118. The zero-order valence-corrected chi connectivity index (χ0v) is 17.5. The number of amides is 2. The number of benzene rings is 1. The van der Waals surface area contributed by atoms with Crippen LogP contribution in [0.4, 0.5) is 10.8 Å². The third-order valence-electron chi connectivity index (χ3n) is 4.51. The number of carbonyl (C=O) groups is 2. The Morgan fingerprint density at radius 2 is 1.83 bits per heavy atom. The molecule has 2 N–H and O–H groups in total. The summed E-state index contributed by atoms with van der Waals surface area (Å²) in [4.78, 5) is 34.4. The van der Waals surface area contributed by atoms with Crippen LogP contribution in [0.2, 0.25) is 0 Å². The molecule has 0 saturated heterocycles. The van der Waals surface area contributed by atoms with Crippen LogP contribution in [0.25, 0.3) is 21.6 Å². The molecule has 0 bridgehead atoms. The molecule has 0 fully saturated rings. The van der Waals surface area contributed by atoms with Gasteiger partial charge in [-0.05, 0) is 24.3 Å². The SMILES string of the molecule is CC(C)C(=O)Nc1ccccc1-c1ccc2nc(NC(=O)c3ccnn3C)sc2n1. The molecule has 152 valence electrons. The molecule has 4 rings (SSSR count). The van der Waals surface area contributed by atoms with Crippen LogP contribution in [0.5, 0.6) is 0 Å². The van der Waals surface area contributed by atoms with E-state index in [1.807, 2.05) is 50.2 Å². The van der Waals surface area contributed by atoms with E-state index in [9.17, 15) is 9.59 Å². The maximum absolute atomic E-state index is 12.4. The number of nitrogens with one attached hydrogen (secondary N) is 2. The highest BCUT2D eigenvalue weighted by molar-refractivity contribution is 7.22. The Labute approximate surface area is 177 Å². The van der Waals surface area contributed by atoms with Gasteiger partial charge in [0.05, 0.1) is 11.4 Å². The Hall–Kier alpha value is -3.59. The number of nitrogens with zero attached hydrogens (tertiary/aromatic N) is 4. The smallest absolute Gasteiger partial charge is 0.275 e. The third kappa shape index (κ3) is 3.92. The summed E-state index contributed by atoms with van der Waals surface area (Å²) in [7, 11) is 1.70. The Bertz CT molecular complexity index is 1240. The molecule has 3 heterocycles. The van der Waals surface area contributed by atoms with Crippen LogP contribution in [0.3, 0.4) is 0 Å². The fourth-order valence-corrected chi connectivity index (χ4v) is 3.70. The average molecular weight is 420 g/mol. The summed E-state index contributed by atoms with van der Waals surface area (Å²) in [5.41, 5.74) is 3.38. The first kappa shape index (κ1) is 19.7. The molecule has 8 nitrogen and oxygen atoms in total. The van der Waals surface area contributed by atoms with Crippen molar-refractivity contribution >= 4 is 44.3 Å². The van der Waals surface area contributed by atoms with E-state index < -0.39 is 0 Å². The zero-order chi connectivity index (χ0) is 21.3. The van der Waals surface area contributed by atoms with Gasteiger partial charge >= 0.3 is 0 Å². The van der Waals surface area contributed by atoms with Gasteiger partial charge in [-0.15, -0.1) is 0 Å². The molecule has 0 unspecified atom stereocenters. The van der Waals surface area contributed by atoms with Gasteiger partial charge in [-0.2, -0.15) is 5.10 Å². The van der Waals surface area contributed by atoms with Crippen molar-refractivity contribution in [3.8, 4) is 11.3 Å². The molecule has 1 aromatic carbocycles. The lowest BCUT2D eigenvalue weighted by Gasteiger charge is -2.12. The largest absolute Gasteiger partial charge is 0.325 e. The number of carbonyl (C=O) groups excluding carboxylic acids is 2. The first-order valence-corrected chi connectivity index (χ1v) is 10.2. The van der Waals surface area contributed by atoms with Gasteiger partial charge in [-0.1, -0.05) is 43.4 Å². The topological polar surface area (TPSA) is 102 Å². The van der Waals surface area contributed by atoms with Crippen LogP contribution in [-0.4, -0.2) is 31.6 Å². The fourth-order valence-electron chi connectivity index (χ4n) is 2.87. The molecule has 0 aliphatic carbocycles. The molecule has 4 aromatic rings. The third-order valence-corrected chi connectivity index (χ3v) is 5.40. The summed E-state index contributed by atoms with van der Waals surface area (Å²) >= 11 is 1.29. The molecular weight excluding hydrogens is 400 g/mol. The highest BCUT2D eigenvalue weighted by Crippen LogP contribution is 2.31. The van der Waals surface area contributed by atoms with Gasteiger partial charge in [0.25, 0.3) is 5.91 Å². The van der Waals surface area contributed by atoms with Crippen molar-refractivity contribution in [2.75, 3.05) is 10.6 Å². The van der Waals surface area contributed by atoms with E-state index in [-0.39, 0.29) is 17.7 Å². The summed E-state index contributed by atoms with van der Waals surface area (Å²) in [5.74, 6) is -0.460. The van der Waals surface area contributed by atoms with Gasteiger partial charge in [0, 0.05) is 24.7 Å². The van der Waals surface area contributed by atoms with Crippen molar-refractivity contribution < 1.29 is 9.59 Å². The molecule has 2 amide bonds. The van der Waals surface area contributed by atoms with Gasteiger partial charge in [-0.25, -0.2) is 9.97 Å². The van der Waals surface area contributed by atoms with Crippen LogP contribution in [-0.2, 0) is 11.8 Å². The van der Waals surface area contributed by atoms with Crippen molar-refractivity contribution in [2.45, 2.75) is 13.8 Å². The van der Waals surface area contributed by atoms with Crippen LogP contribution >= 0.6 is 11.3 Å². The lowest BCUT2D eigenvalue weighted by atomic mass is 10.1. The molecule has 3 aromatic heterocycles. The van der Waals surface area contributed by atoms with Crippen molar-refractivity contribution in [3.05, 3.63) is 54.4 Å². The standard InChI is InChI=1S/C21H20N6O2S/c1-12(2)18(28)23-14-7-5-4-6-13(14)15-8-9-16-20(24-15)30-21(25-16)26-19(29)17-10-11-22-27(17)3/h4-12H,1-3H3,(H,23,28)(H,25,26,29). The Morgan fingerprint density at radius 3 is 2.57 bits per heavy atom. The number of thiazole rings is 1. The molecule has 0 aliphatic rings. The number of aryl methyl sites for hydroxylation is 1. The Kier molecular flexibility index (Phi) is 5.28. The maximum Gasteiger partial charge on any atom is 0.275 e. The number of para-hydroxylation sites is 1. The van der Waals surface area contributed by atoms with E-state index in [1.165, 1.54) is 16.0 Å². The monoisotopic (exact) mass is 420 g/mol. The van der Waals surface area contributed by atoms with E-state index in [1.54, 1.807) is 19.3 Å². The van der Waals surface area contributed by atoms with Crippen molar-refractivity contribution in [1.82, 2.24) is 19.7 Å². The summed E-state index contributed by atoms with van der Waals surface area (Å²) < 4.78 is 1.50. The maximum atomic E-state index is 12.4. The Balaban J connectivity index is 1.63. The van der Waals surface area contributed by atoms with Gasteiger partial charge in [0.1, 0.15) is 16.0 Å². The molecule has 0 spiro atoms. The summed E-state index contributed by atoms with van der Waals surface area (Å²) in [6.07, 6.45) is 1.57. The lowest BCUT2D eigenvalue weighted by Crippen LogP contribution is -2.18. The van der Waals surface area contributed by atoms with Crippen LogP contribution in [0, 0.1) is 5.92 Å². The minimum absolute atomic E-state index is 0.0542. The number of fused-ring (bicyclic) bond motifs is 1. The van der Waals surface area contributed by atoms with Crippen molar-refractivity contribution in [1.29, 1.82) is 0 Å². The number of aromatic nitrogens is 4. The highest BCUT2D eigenvalue weighted by atomic mass is 32.1. The predicted molar refractivity (Wildman–Crippen MR) is 117 cm³/mol. The molecular formula is C21H20N6O2S. The van der Waals surface area contributed by atoms with E-state index in [0.29, 0.717) is 26.9 Å². The van der Waals surface area contributed by atoms with Crippen LogP contribution in [0.15, 0.2) is 48.7 Å². The fraction of sp³-hybridized carbons (Fsp3) is 0.190. The van der Waals surface area contributed by atoms with Crippen molar-refractivity contribution in [3.63, 3.8) is 0 Å². The zero-order valence-electron chi connectivity index (χ0n) is 16.7. The van der Waals surface area contributed by atoms with E-state index in [4.69, 9.17) is 4.98 Å². The minimum atomic E-state index is -0.281. The number of rotatable bonds is 5. The van der Waals surface area contributed by atoms with Gasteiger partial charge in [-0.3, -0.25) is 19.6 Å². The second-order valence-corrected chi connectivity index (χ2v) is 8.00. The van der Waals surface area contributed by atoms with Gasteiger partial charge in [0.15, 0.2) is 5.13 Å². The summed E-state index contributed by atoms with van der Waals surface area (Å²) in [5, 5.41) is 10.2. The molecule has 9 heteroatoms. The first-order valence-electron chi connectivity index (χ1n) is 9.39. The number of anilines is 2. The molecule has 0 saturated carbocycles. The quantitative estimate of drug-likeness (QED) is 0.509. The molecule has 30 heavy (non-hydrogen) atoms. The molecule has 0 atom stereocenters. The molecule has 0 radical (unpaired) electrons. The second kappa shape index (κ2) is 8.03. The van der Waals surface area contributed by atoms with Gasteiger partial charge in [0.2, 0.25) is 5.91 Å². The number of pyridine rings is 1. The predicted octanol–water partition coefficient (Wildman–Crippen LogP) is 3.94. The van der Waals surface area contributed by atoms with Crippen LogP contribution < -0.4 is 10.6 Å². The summed E-state index contributed by atoms with van der Waals surface area (Å²) in [6.45, 7) is 3.70. The summed E-state index contributed by atoms with van der Waals surface area (Å²) in [6, 6.07) is 12.9. The van der Waals surface area contributed by atoms with Gasteiger partial charge < -0.3 is 5.32 Å². The van der Waals surface area contributed by atoms with E-state index in [0.717, 1.165) is 11.3 Å². The van der Waals surface area contributed by atoms with Crippen LogP contribution in [0.1, 0.15) is 24.3 Å². The number of hydrogen-bond acceptors (Lipinski definition) is 6. The van der Waals surface area contributed by atoms with Crippen molar-refractivity contribution in [2.24, 2.45) is 13.0 Å². The second-order valence-electron chi connectivity index (χ2n) is 7.02. The average Bonchev–Trinajstić information content (AvgIpc) is 3.33. The Morgan fingerprint density at radius 1 is 1.03 bits per heavy atom. The van der Waals surface area contributed by atoms with E-state index in [2.05, 4.69) is 20.7 Å². The minimum Gasteiger partial charge on any atom is -0.325 e. The normalized spacial score (nSPS) is 11.1. The molecule has 0 aliphatic heterocycles. The number of hydrogen-bond donors (Lipinski definition) is 2. The van der Waals surface area contributed by atoms with E-state index >= 15 is 0 Å². The highest BCUT2D eigenvalue weighted by Gasteiger charge is 2.15.